The first-order chi connectivity index (χ1) is 17.8. The molecule has 1 aromatic heterocycles. The van der Waals surface area contributed by atoms with Crippen LogP contribution in [0, 0.1) is 0 Å². The molecule has 0 fully saturated rings. The van der Waals surface area contributed by atoms with Gasteiger partial charge in [-0.1, -0.05) is 79.1 Å². The van der Waals surface area contributed by atoms with Crippen molar-refractivity contribution in [2.75, 3.05) is 18.5 Å². The zero-order chi connectivity index (χ0) is 26.3. The third-order valence-corrected chi connectivity index (χ3v) is 8.24. The summed E-state index contributed by atoms with van der Waals surface area (Å²) in [7, 11) is -3.92. The van der Waals surface area contributed by atoms with Crippen molar-refractivity contribution in [1.29, 1.82) is 0 Å². The molecule has 0 aliphatic heterocycles. The van der Waals surface area contributed by atoms with Crippen LogP contribution in [-0.2, 0) is 19.6 Å². The number of sulfonamides is 1. The summed E-state index contributed by atoms with van der Waals surface area (Å²) in [5.74, 6) is -0.216. The Morgan fingerprint density at radius 3 is 2.19 bits per heavy atom. The van der Waals surface area contributed by atoms with Gasteiger partial charge in [-0.25, -0.2) is 18.4 Å². The van der Waals surface area contributed by atoms with Crippen LogP contribution >= 0.6 is 11.3 Å². The molecule has 0 radical (unpaired) electrons. The number of unbranched alkanes of at least 4 members (excludes halogenated alkanes) is 4. The number of aromatic nitrogens is 2. The number of ether oxygens (including phenoxy) is 1. The SMILES string of the molecule is NS(=O)(=O)c1nnc(NC(=O)CCCCCCCNC(=O)OCC2c3ccccc3-c3ccccc32)s1. The number of carbonyl (C=O) groups is 2. The molecule has 0 unspecified atom stereocenters. The van der Waals surface area contributed by atoms with E-state index in [1.807, 2.05) is 24.3 Å². The van der Waals surface area contributed by atoms with Gasteiger partial charge in [-0.05, 0) is 35.1 Å². The summed E-state index contributed by atoms with van der Waals surface area (Å²) < 4.78 is 27.6. The summed E-state index contributed by atoms with van der Waals surface area (Å²) in [4.78, 5) is 24.2. The molecule has 196 valence electrons. The highest BCUT2D eigenvalue weighted by Gasteiger charge is 2.28. The van der Waals surface area contributed by atoms with Crippen molar-refractivity contribution in [3.8, 4) is 11.1 Å². The second-order valence-corrected chi connectivity index (χ2v) is 11.4. The summed E-state index contributed by atoms with van der Waals surface area (Å²) in [6.45, 7) is 0.822. The van der Waals surface area contributed by atoms with Crippen LogP contribution in [0.15, 0.2) is 52.9 Å². The Hall–Kier alpha value is -3.35. The van der Waals surface area contributed by atoms with E-state index in [1.165, 1.54) is 22.3 Å². The molecule has 2 aromatic carbocycles. The number of alkyl carbamates (subject to hydrolysis) is 1. The lowest BCUT2D eigenvalue weighted by Gasteiger charge is -2.14. The number of nitrogens with one attached hydrogen (secondary N) is 2. The van der Waals surface area contributed by atoms with Crippen molar-refractivity contribution in [1.82, 2.24) is 15.5 Å². The van der Waals surface area contributed by atoms with E-state index in [2.05, 4.69) is 45.1 Å². The van der Waals surface area contributed by atoms with Crippen molar-refractivity contribution in [2.24, 2.45) is 5.14 Å². The summed E-state index contributed by atoms with van der Waals surface area (Å²) in [5.41, 5.74) is 4.76. The molecular weight excluding hydrogens is 514 g/mol. The Bertz CT molecular complexity index is 1310. The van der Waals surface area contributed by atoms with E-state index >= 15 is 0 Å². The van der Waals surface area contributed by atoms with Gasteiger partial charge in [-0.3, -0.25) is 4.79 Å². The number of anilines is 1. The number of nitrogens with zero attached hydrogens (tertiary/aromatic N) is 2. The first-order valence-corrected chi connectivity index (χ1v) is 14.4. The number of nitrogens with two attached hydrogens (primary N) is 1. The van der Waals surface area contributed by atoms with Gasteiger partial charge >= 0.3 is 6.09 Å². The molecule has 1 aliphatic rings. The number of rotatable bonds is 12. The third-order valence-electron chi connectivity index (χ3n) is 6.09. The van der Waals surface area contributed by atoms with Gasteiger partial charge in [0.25, 0.3) is 10.0 Å². The standard InChI is InChI=1S/C25H29N5O5S2/c26-37(33,34)25-30-29-23(36-25)28-22(31)14-4-2-1-3-9-15-27-24(32)35-16-21-19-12-7-5-10-17(19)18-11-6-8-13-20(18)21/h5-8,10-13,21H,1-4,9,14-16H2,(H,27,32)(H2,26,33,34)(H,28,29,31). The van der Waals surface area contributed by atoms with Crippen LogP contribution in [0.3, 0.4) is 0 Å². The van der Waals surface area contributed by atoms with Gasteiger partial charge in [-0.2, -0.15) is 0 Å². The highest BCUT2D eigenvalue weighted by Crippen LogP contribution is 2.44. The molecular formula is C25H29N5O5S2. The second-order valence-electron chi connectivity index (χ2n) is 8.74. The smallest absolute Gasteiger partial charge is 0.407 e. The zero-order valence-corrected chi connectivity index (χ0v) is 21.8. The van der Waals surface area contributed by atoms with E-state index in [-0.39, 0.29) is 21.3 Å². The maximum Gasteiger partial charge on any atom is 0.407 e. The fourth-order valence-electron chi connectivity index (χ4n) is 4.34. The molecule has 1 heterocycles. The first kappa shape index (κ1) is 26.7. The van der Waals surface area contributed by atoms with Crippen molar-refractivity contribution in [2.45, 2.75) is 48.8 Å². The molecule has 4 rings (SSSR count). The number of benzene rings is 2. The van der Waals surface area contributed by atoms with Crippen LogP contribution in [0.5, 0.6) is 0 Å². The summed E-state index contributed by atoms with van der Waals surface area (Å²) >= 11 is 0.716. The van der Waals surface area contributed by atoms with Crippen LogP contribution in [0.2, 0.25) is 0 Å². The largest absolute Gasteiger partial charge is 0.449 e. The Morgan fingerprint density at radius 1 is 0.919 bits per heavy atom. The van der Waals surface area contributed by atoms with Crippen molar-refractivity contribution < 1.29 is 22.7 Å². The van der Waals surface area contributed by atoms with Crippen LogP contribution < -0.4 is 15.8 Å². The minimum absolute atomic E-state index is 0.0398. The van der Waals surface area contributed by atoms with Crippen molar-refractivity contribution in [3.63, 3.8) is 0 Å². The monoisotopic (exact) mass is 543 g/mol. The Kier molecular flexibility index (Phi) is 8.85. The number of hydrogen-bond donors (Lipinski definition) is 3. The number of carbonyl (C=O) groups excluding carboxylic acids is 2. The molecule has 0 bridgehead atoms. The van der Waals surface area contributed by atoms with Crippen LogP contribution in [0.1, 0.15) is 55.6 Å². The molecule has 2 amide bonds. The molecule has 4 N–H and O–H groups in total. The lowest BCUT2D eigenvalue weighted by Crippen LogP contribution is -2.27. The Labute approximate surface area is 219 Å². The molecule has 1 aliphatic carbocycles. The maximum atomic E-state index is 12.2. The molecule has 3 aromatic rings. The van der Waals surface area contributed by atoms with Gasteiger partial charge in [0.1, 0.15) is 6.61 Å². The predicted molar refractivity (Wildman–Crippen MR) is 141 cm³/mol. The Morgan fingerprint density at radius 2 is 1.54 bits per heavy atom. The molecule has 0 saturated heterocycles. The van der Waals surface area contributed by atoms with E-state index in [9.17, 15) is 18.0 Å². The second kappa shape index (κ2) is 12.3. The summed E-state index contributed by atoms with van der Waals surface area (Å²) in [6, 6.07) is 16.4. The normalized spacial score (nSPS) is 12.6. The number of fused-ring (bicyclic) bond motifs is 3. The molecule has 0 spiro atoms. The van der Waals surface area contributed by atoms with Gasteiger partial charge < -0.3 is 15.4 Å². The number of primary sulfonamides is 1. The zero-order valence-electron chi connectivity index (χ0n) is 20.2. The number of amides is 2. The summed E-state index contributed by atoms with van der Waals surface area (Å²) in [6.07, 6.45) is 4.08. The topological polar surface area (TPSA) is 153 Å². The fourth-order valence-corrected chi connectivity index (χ4v) is 5.69. The van der Waals surface area contributed by atoms with Gasteiger partial charge in [0.15, 0.2) is 0 Å². The average Bonchev–Trinajstić information content (AvgIpc) is 3.47. The van der Waals surface area contributed by atoms with Gasteiger partial charge in [-0.15, -0.1) is 10.2 Å². The third kappa shape index (κ3) is 7.12. The lowest BCUT2D eigenvalue weighted by atomic mass is 9.98. The van der Waals surface area contributed by atoms with E-state index in [4.69, 9.17) is 9.88 Å². The highest BCUT2D eigenvalue weighted by atomic mass is 32.2. The molecule has 12 heteroatoms. The molecule has 0 atom stereocenters. The fraction of sp³-hybridized carbons (Fsp3) is 0.360. The highest BCUT2D eigenvalue weighted by molar-refractivity contribution is 7.91. The average molecular weight is 544 g/mol. The molecule has 37 heavy (non-hydrogen) atoms. The van der Waals surface area contributed by atoms with Crippen molar-refractivity contribution in [3.05, 3.63) is 59.7 Å². The minimum Gasteiger partial charge on any atom is -0.449 e. The minimum atomic E-state index is -3.92. The van der Waals surface area contributed by atoms with E-state index in [0.29, 0.717) is 37.3 Å². The van der Waals surface area contributed by atoms with Gasteiger partial charge in [0.2, 0.25) is 15.4 Å². The molecule has 10 nitrogen and oxygen atoms in total. The van der Waals surface area contributed by atoms with Crippen LogP contribution in [0.25, 0.3) is 11.1 Å². The van der Waals surface area contributed by atoms with E-state index < -0.39 is 16.1 Å². The molecule has 0 saturated carbocycles. The lowest BCUT2D eigenvalue weighted by molar-refractivity contribution is -0.116. The predicted octanol–water partition coefficient (Wildman–Crippen LogP) is 4.00. The van der Waals surface area contributed by atoms with Gasteiger partial charge in [0, 0.05) is 18.9 Å². The van der Waals surface area contributed by atoms with E-state index in [0.717, 1.165) is 25.7 Å². The Balaban J connectivity index is 1.07. The quantitative estimate of drug-likeness (QED) is 0.230. The number of hydrogen-bond acceptors (Lipinski definition) is 8. The first-order valence-electron chi connectivity index (χ1n) is 12.1. The van der Waals surface area contributed by atoms with Gasteiger partial charge in [0.05, 0.1) is 0 Å². The summed E-state index contributed by atoms with van der Waals surface area (Å²) in [5, 5.41) is 17.5. The van der Waals surface area contributed by atoms with E-state index in [1.54, 1.807) is 0 Å². The van der Waals surface area contributed by atoms with Crippen LogP contribution in [0.4, 0.5) is 9.93 Å². The van der Waals surface area contributed by atoms with Crippen molar-refractivity contribution >= 4 is 38.5 Å². The maximum absolute atomic E-state index is 12.2. The van der Waals surface area contributed by atoms with Crippen LogP contribution in [-0.4, -0.2) is 43.8 Å².